The van der Waals surface area contributed by atoms with E-state index in [0.717, 1.165) is 29.4 Å². The summed E-state index contributed by atoms with van der Waals surface area (Å²) >= 11 is 1.48. The Morgan fingerprint density at radius 3 is 2.87 bits per heavy atom. The monoisotopic (exact) mass is 424 g/mol. The molecule has 2 aliphatic heterocycles. The van der Waals surface area contributed by atoms with E-state index in [9.17, 15) is 9.59 Å². The van der Waals surface area contributed by atoms with Crippen molar-refractivity contribution in [1.82, 2.24) is 15.2 Å². The van der Waals surface area contributed by atoms with Crippen LogP contribution in [0.2, 0.25) is 0 Å². The Kier molecular flexibility index (Phi) is 6.69. The van der Waals surface area contributed by atoms with Crippen molar-refractivity contribution < 1.29 is 9.59 Å². The van der Waals surface area contributed by atoms with Crippen molar-refractivity contribution in [2.24, 2.45) is 0 Å². The van der Waals surface area contributed by atoms with Crippen LogP contribution in [0.3, 0.4) is 0 Å². The lowest BCUT2D eigenvalue weighted by molar-refractivity contribution is -0.116. The molecule has 0 radical (unpaired) electrons. The van der Waals surface area contributed by atoms with Gasteiger partial charge in [-0.15, -0.1) is 0 Å². The fourth-order valence-electron chi connectivity index (χ4n) is 4.06. The van der Waals surface area contributed by atoms with Gasteiger partial charge in [0.1, 0.15) is 5.03 Å². The third-order valence-electron chi connectivity index (χ3n) is 5.86. The van der Waals surface area contributed by atoms with Gasteiger partial charge in [-0.1, -0.05) is 30.3 Å². The Morgan fingerprint density at radius 1 is 1.23 bits per heavy atom. The fourth-order valence-corrected chi connectivity index (χ4v) is 4.94. The number of thioether (sulfide) groups is 1. The number of rotatable bonds is 6. The molecule has 1 fully saturated rings. The number of amides is 2. The van der Waals surface area contributed by atoms with Gasteiger partial charge in [0.25, 0.3) is 5.91 Å². The Labute approximate surface area is 182 Å². The molecule has 0 aliphatic carbocycles. The molecule has 1 aromatic heterocycles. The Hall–Kier alpha value is -2.38. The van der Waals surface area contributed by atoms with E-state index < -0.39 is 0 Å². The molecule has 1 atom stereocenters. The number of likely N-dealkylation sites (tertiary alicyclic amines) is 1. The van der Waals surface area contributed by atoms with Gasteiger partial charge in [-0.25, -0.2) is 4.98 Å². The first-order valence-corrected chi connectivity index (χ1v) is 11.6. The number of nitrogens with one attached hydrogen (secondary N) is 1. The van der Waals surface area contributed by atoms with Gasteiger partial charge in [0.2, 0.25) is 5.91 Å². The maximum absolute atomic E-state index is 12.5. The van der Waals surface area contributed by atoms with E-state index >= 15 is 0 Å². The van der Waals surface area contributed by atoms with Crippen LogP contribution in [-0.2, 0) is 11.3 Å². The minimum atomic E-state index is -0.0498. The molecule has 7 heteroatoms. The third-order valence-corrected chi connectivity index (χ3v) is 6.84. The van der Waals surface area contributed by atoms with Gasteiger partial charge in [-0.3, -0.25) is 14.5 Å². The van der Waals surface area contributed by atoms with Gasteiger partial charge in [0, 0.05) is 30.9 Å². The average Bonchev–Trinajstić information content (AvgIpc) is 2.77. The molecule has 1 N–H and O–H groups in total. The summed E-state index contributed by atoms with van der Waals surface area (Å²) in [5.74, 6) is 0.431. The number of carbonyl (C=O) groups excluding carboxylic acids is 2. The Balaban J connectivity index is 1.33. The smallest absolute Gasteiger partial charge is 0.251 e. The summed E-state index contributed by atoms with van der Waals surface area (Å²) in [6.45, 7) is 5.42. The molecule has 0 saturated carbocycles. The second-order valence-corrected chi connectivity index (χ2v) is 8.89. The number of pyridine rings is 1. The lowest BCUT2D eigenvalue weighted by Gasteiger charge is -2.33. The van der Waals surface area contributed by atoms with Crippen LogP contribution in [0.1, 0.15) is 42.1 Å². The van der Waals surface area contributed by atoms with Gasteiger partial charge < -0.3 is 10.2 Å². The molecule has 2 aliphatic rings. The summed E-state index contributed by atoms with van der Waals surface area (Å²) in [6.07, 6.45) is 5.55. The molecule has 0 unspecified atom stereocenters. The van der Waals surface area contributed by atoms with Crippen LogP contribution in [-0.4, -0.2) is 53.1 Å². The van der Waals surface area contributed by atoms with Crippen molar-refractivity contribution in [3.63, 3.8) is 0 Å². The predicted molar refractivity (Wildman–Crippen MR) is 120 cm³/mol. The van der Waals surface area contributed by atoms with E-state index in [4.69, 9.17) is 0 Å². The maximum Gasteiger partial charge on any atom is 0.251 e. The highest BCUT2D eigenvalue weighted by atomic mass is 32.2. The van der Waals surface area contributed by atoms with Crippen LogP contribution in [0, 0.1) is 0 Å². The molecule has 3 heterocycles. The minimum absolute atomic E-state index is 0.0498. The second-order valence-electron chi connectivity index (χ2n) is 7.93. The van der Waals surface area contributed by atoms with Crippen LogP contribution < -0.4 is 10.2 Å². The van der Waals surface area contributed by atoms with Gasteiger partial charge in [-0.2, -0.15) is 0 Å². The number of aromatic nitrogens is 1. The van der Waals surface area contributed by atoms with E-state index in [2.05, 4.69) is 22.1 Å². The first kappa shape index (κ1) is 20.9. The van der Waals surface area contributed by atoms with Crippen LogP contribution in [0.25, 0.3) is 0 Å². The summed E-state index contributed by atoms with van der Waals surface area (Å²) in [4.78, 5) is 33.5. The summed E-state index contributed by atoms with van der Waals surface area (Å²) in [6, 6.07) is 11.9. The molecule has 2 amide bonds. The van der Waals surface area contributed by atoms with Crippen molar-refractivity contribution in [2.45, 2.75) is 43.8 Å². The van der Waals surface area contributed by atoms with E-state index in [0.29, 0.717) is 30.4 Å². The highest BCUT2D eigenvalue weighted by molar-refractivity contribution is 8.00. The normalized spacial score (nSPS) is 19.4. The zero-order chi connectivity index (χ0) is 20.9. The highest BCUT2D eigenvalue weighted by Crippen LogP contribution is 2.34. The van der Waals surface area contributed by atoms with Crippen LogP contribution in [0.5, 0.6) is 0 Å². The molecule has 4 rings (SSSR count). The summed E-state index contributed by atoms with van der Waals surface area (Å²) in [7, 11) is 0. The van der Waals surface area contributed by atoms with E-state index in [1.54, 1.807) is 11.1 Å². The van der Waals surface area contributed by atoms with Crippen molar-refractivity contribution in [2.75, 3.05) is 30.3 Å². The lowest BCUT2D eigenvalue weighted by Crippen LogP contribution is -2.42. The molecule has 6 nitrogen and oxygen atoms in total. The minimum Gasteiger partial charge on any atom is -0.351 e. The standard InChI is InChI=1S/C23H28N4O2S/c1-17-5-2-3-13-26(17)14-12-24-22(29)19-9-7-18(8-10-19)15-27-20-6-4-11-25-23(20)30-16-21(27)28/h4,6-11,17H,2-3,5,12-16H2,1H3,(H,24,29)/t17-/m1/s1. The van der Waals surface area contributed by atoms with Crippen molar-refractivity contribution >= 4 is 29.3 Å². The zero-order valence-electron chi connectivity index (χ0n) is 17.3. The topological polar surface area (TPSA) is 65.5 Å². The predicted octanol–water partition coefficient (Wildman–Crippen LogP) is 3.32. The molecule has 2 aromatic rings. The molecule has 0 bridgehead atoms. The van der Waals surface area contributed by atoms with Gasteiger partial charge in [0.05, 0.1) is 18.0 Å². The summed E-state index contributed by atoms with van der Waals surface area (Å²) < 4.78 is 0. The van der Waals surface area contributed by atoms with Crippen LogP contribution >= 0.6 is 11.8 Å². The van der Waals surface area contributed by atoms with Gasteiger partial charge in [0.15, 0.2) is 0 Å². The number of hydrogen-bond donors (Lipinski definition) is 1. The number of anilines is 1. The summed E-state index contributed by atoms with van der Waals surface area (Å²) in [5.41, 5.74) is 2.49. The van der Waals surface area contributed by atoms with Crippen molar-refractivity contribution in [3.05, 3.63) is 53.7 Å². The molecule has 1 aromatic carbocycles. The molecule has 158 valence electrons. The number of piperidine rings is 1. The molecular formula is C23H28N4O2S. The quantitative estimate of drug-likeness (QED) is 0.771. The number of carbonyl (C=O) groups is 2. The Morgan fingerprint density at radius 2 is 2.07 bits per heavy atom. The van der Waals surface area contributed by atoms with E-state index in [1.807, 2.05) is 36.4 Å². The van der Waals surface area contributed by atoms with Gasteiger partial charge in [-0.05, 0) is 56.1 Å². The average molecular weight is 425 g/mol. The van der Waals surface area contributed by atoms with Crippen LogP contribution in [0.15, 0.2) is 47.6 Å². The molecular weight excluding hydrogens is 396 g/mol. The first-order chi connectivity index (χ1) is 14.6. The largest absolute Gasteiger partial charge is 0.351 e. The van der Waals surface area contributed by atoms with Gasteiger partial charge >= 0.3 is 0 Å². The molecule has 1 saturated heterocycles. The molecule has 0 spiro atoms. The SMILES string of the molecule is C[C@@H]1CCCCN1CCNC(=O)c1ccc(CN2C(=O)CSc3ncccc32)cc1. The maximum atomic E-state index is 12.5. The Bertz CT molecular complexity index is 902. The first-order valence-electron chi connectivity index (χ1n) is 10.6. The number of nitrogens with zero attached hydrogens (tertiary/aromatic N) is 3. The number of benzene rings is 1. The van der Waals surface area contributed by atoms with Crippen molar-refractivity contribution in [3.8, 4) is 0 Å². The number of hydrogen-bond acceptors (Lipinski definition) is 5. The second kappa shape index (κ2) is 9.62. The number of fused-ring (bicyclic) bond motifs is 1. The highest BCUT2D eigenvalue weighted by Gasteiger charge is 2.25. The molecule has 30 heavy (non-hydrogen) atoms. The van der Waals surface area contributed by atoms with Crippen LogP contribution in [0.4, 0.5) is 5.69 Å². The van der Waals surface area contributed by atoms with E-state index in [1.165, 1.54) is 31.0 Å². The van der Waals surface area contributed by atoms with E-state index in [-0.39, 0.29) is 11.8 Å². The van der Waals surface area contributed by atoms with Crippen molar-refractivity contribution in [1.29, 1.82) is 0 Å². The summed E-state index contributed by atoms with van der Waals surface area (Å²) in [5, 5.41) is 3.92. The zero-order valence-corrected chi connectivity index (χ0v) is 18.2. The fraction of sp³-hybridized carbons (Fsp3) is 0.435. The third kappa shape index (κ3) is 4.84. The lowest BCUT2D eigenvalue weighted by atomic mass is 10.0.